The zero-order valence-corrected chi connectivity index (χ0v) is 17.8. The number of likely N-dealkylation sites (tertiary alicyclic amines) is 1. The Hall–Kier alpha value is -3.23. The average Bonchev–Trinajstić information content (AvgIpc) is 2.75. The van der Waals surface area contributed by atoms with Gasteiger partial charge >= 0.3 is 0 Å². The Balaban J connectivity index is 1.76. The zero-order chi connectivity index (χ0) is 23.6. The monoisotopic (exact) mass is 450 g/mol. The molecule has 3 rings (SSSR count). The molecule has 0 aliphatic carbocycles. The van der Waals surface area contributed by atoms with Crippen molar-refractivity contribution in [1.82, 2.24) is 4.90 Å². The summed E-state index contributed by atoms with van der Waals surface area (Å²) in [5, 5.41) is 9.98. The van der Waals surface area contributed by atoms with E-state index in [2.05, 4.69) is 0 Å². The number of primary amides is 1. The molecular weight excluding hydrogens is 425 g/mol. The molecule has 6 nitrogen and oxygen atoms in total. The van der Waals surface area contributed by atoms with Crippen LogP contribution in [0.3, 0.4) is 0 Å². The number of ether oxygens (including phenoxy) is 1. The first kappa shape index (κ1) is 23.4. The van der Waals surface area contributed by atoms with E-state index in [4.69, 9.17) is 10.5 Å². The molecule has 0 unspecified atom stereocenters. The van der Waals surface area contributed by atoms with Crippen LogP contribution < -0.4 is 10.5 Å². The van der Waals surface area contributed by atoms with Crippen LogP contribution in [0.1, 0.15) is 48.5 Å². The van der Waals surface area contributed by atoms with Crippen molar-refractivity contribution in [3.63, 3.8) is 0 Å². The van der Waals surface area contributed by atoms with Crippen LogP contribution in [0.5, 0.6) is 11.5 Å². The van der Waals surface area contributed by atoms with Crippen LogP contribution in [0.15, 0.2) is 30.3 Å². The number of halogens is 3. The van der Waals surface area contributed by atoms with Crippen LogP contribution in [0.4, 0.5) is 13.2 Å². The first-order chi connectivity index (χ1) is 15.1. The normalized spacial score (nSPS) is 15.6. The first-order valence-corrected chi connectivity index (χ1v) is 10.3. The van der Waals surface area contributed by atoms with E-state index < -0.39 is 52.2 Å². The molecule has 1 aliphatic heterocycles. The molecule has 2 aromatic rings. The maximum atomic E-state index is 14.8. The van der Waals surface area contributed by atoms with Crippen molar-refractivity contribution >= 4 is 11.8 Å². The van der Waals surface area contributed by atoms with Gasteiger partial charge in [-0.1, -0.05) is 13.8 Å². The van der Waals surface area contributed by atoms with Gasteiger partial charge in [0, 0.05) is 31.5 Å². The Morgan fingerprint density at radius 3 is 2.25 bits per heavy atom. The van der Waals surface area contributed by atoms with E-state index in [-0.39, 0.29) is 11.9 Å². The number of rotatable bonds is 6. The predicted molar refractivity (Wildman–Crippen MR) is 111 cm³/mol. The highest BCUT2D eigenvalue weighted by molar-refractivity contribution is 5.96. The van der Waals surface area contributed by atoms with Crippen molar-refractivity contribution in [2.45, 2.75) is 38.7 Å². The number of hydrogen-bond acceptors (Lipinski definition) is 4. The summed E-state index contributed by atoms with van der Waals surface area (Å²) in [5.74, 6) is -6.74. The van der Waals surface area contributed by atoms with E-state index in [9.17, 15) is 27.9 Å². The molecule has 32 heavy (non-hydrogen) atoms. The summed E-state index contributed by atoms with van der Waals surface area (Å²) in [4.78, 5) is 26.0. The number of aromatic hydroxyl groups is 1. The molecule has 0 spiro atoms. The molecule has 1 aliphatic rings. The van der Waals surface area contributed by atoms with Crippen LogP contribution >= 0.6 is 0 Å². The summed E-state index contributed by atoms with van der Waals surface area (Å²) < 4.78 is 48.4. The minimum absolute atomic E-state index is 0.186. The number of nitrogens with zero attached hydrogens (tertiary/aromatic N) is 1. The second kappa shape index (κ2) is 9.50. The third kappa shape index (κ3) is 4.81. The third-order valence-electron chi connectivity index (χ3n) is 5.61. The number of amides is 2. The maximum absolute atomic E-state index is 14.8. The Labute approximate surface area is 183 Å². The number of phenols is 1. The van der Waals surface area contributed by atoms with Gasteiger partial charge in [-0.15, -0.1) is 0 Å². The molecule has 0 radical (unpaired) electrons. The first-order valence-electron chi connectivity index (χ1n) is 10.3. The Kier molecular flexibility index (Phi) is 6.96. The molecule has 0 bridgehead atoms. The SMILES string of the molecule is CC(C)[C@H](C(=O)N1CCC(Oc2ccc(F)cc2)CC1)c1c(F)cc(C(N)=O)c(O)c1F. The van der Waals surface area contributed by atoms with Gasteiger partial charge in [0.15, 0.2) is 11.6 Å². The van der Waals surface area contributed by atoms with Crippen LogP contribution in [-0.4, -0.2) is 41.0 Å². The van der Waals surface area contributed by atoms with E-state index >= 15 is 0 Å². The van der Waals surface area contributed by atoms with Gasteiger partial charge in [0.2, 0.25) is 5.91 Å². The molecule has 9 heteroatoms. The fourth-order valence-corrected chi connectivity index (χ4v) is 3.93. The summed E-state index contributed by atoms with van der Waals surface area (Å²) in [6, 6.07) is 6.29. The second-order valence-corrected chi connectivity index (χ2v) is 8.16. The number of nitrogens with two attached hydrogens (primary N) is 1. The average molecular weight is 450 g/mol. The van der Waals surface area contributed by atoms with E-state index in [1.165, 1.54) is 29.2 Å². The largest absolute Gasteiger partial charge is 0.504 e. The standard InChI is InChI=1S/C23H25F3N2O4/c1-12(2)18(19-17(25)11-16(22(27)30)21(29)20(19)26)23(31)28-9-7-15(8-10-28)32-14-5-3-13(24)4-6-14/h3-6,11-12,15,18,29H,7-10H2,1-2H3,(H2,27,30)/t18-/m0/s1. The van der Waals surface area contributed by atoms with Crippen molar-refractivity contribution < 1.29 is 32.6 Å². The van der Waals surface area contributed by atoms with Crippen molar-refractivity contribution in [3.8, 4) is 11.5 Å². The topological polar surface area (TPSA) is 92.9 Å². The predicted octanol–water partition coefficient (Wildman–Crippen LogP) is 3.72. The summed E-state index contributed by atoms with van der Waals surface area (Å²) in [6.07, 6.45) is 0.796. The van der Waals surface area contributed by atoms with Gasteiger partial charge in [0.05, 0.1) is 11.5 Å². The molecule has 1 saturated heterocycles. The number of piperidine rings is 1. The lowest BCUT2D eigenvalue weighted by molar-refractivity contribution is -0.135. The van der Waals surface area contributed by atoms with E-state index in [1.54, 1.807) is 13.8 Å². The maximum Gasteiger partial charge on any atom is 0.252 e. The van der Waals surface area contributed by atoms with Gasteiger partial charge in [0.25, 0.3) is 5.91 Å². The molecule has 3 N–H and O–H groups in total. The van der Waals surface area contributed by atoms with E-state index in [0.29, 0.717) is 37.7 Å². The van der Waals surface area contributed by atoms with Crippen LogP contribution in [0.2, 0.25) is 0 Å². The number of benzene rings is 2. The lowest BCUT2D eigenvalue weighted by Gasteiger charge is -2.35. The van der Waals surface area contributed by atoms with Gasteiger partial charge in [-0.3, -0.25) is 9.59 Å². The van der Waals surface area contributed by atoms with Gasteiger partial charge in [-0.2, -0.15) is 0 Å². The Bertz CT molecular complexity index is 1000. The Morgan fingerprint density at radius 2 is 1.72 bits per heavy atom. The molecular formula is C23H25F3N2O4. The van der Waals surface area contributed by atoms with Crippen LogP contribution in [0, 0.1) is 23.4 Å². The van der Waals surface area contributed by atoms with Gasteiger partial charge < -0.3 is 20.5 Å². The molecule has 172 valence electrons. The molecule has 0 saturated carbocycles. The fourth-order valence-electron chi connectivity index (χ4n) is 3.93. The minimum atomic E-state index is -1.36. The summed E-state index contributed by atoms with van der Waals surface area (Å²) >= 11 is 0. The number of carbonyl (C=O) groups excluding carboxylic acids is 2. The van der Waals surface area contributed by atoms with E-state index in [0.717, 1.165) is 0 Å². The summed E-state index contributed by atoms with van der Waals surface area (Å²) in [5.41, 5.74) is 3.78. The van der Waals surface area contributed by atoms with Gasteiger partial charge in [0.1, 0.15) is 23.5 Å². The lowest BCUT2D eigenvalue weighted by atomic mass is 9.85. The van der Waals surface area contributed by atoms with Crippen molar-refractivity contribution in [1.29, 1.82) is 0 Å². The van der Waals surface area contributed by atoms with Crippen molar-refractivity contribution in [2.75, 3.05) is 13.1 Å². The molecule has 2 aromatic carbocycles. The number of hydrogen-bond donors (Lipinski definition) is 2. The smallest absolute Gasteiger partial charge is 0.252 e. The number of carbonyl (C=O) groups is 2. The van der Waals surface area contributed by atoms with Crippen molar-refractivity contribution in [2.24, 2.45) is 11.7 Å². The van der Waals surface area contributed by atoms with Gasteiger partial charge in [-0.25, -0.2) is 13.2 Å². The second-order valence-electron chi connectivity index (χ2n) is 8.16. The molecule has 1 atom stereocenters. The molecule has 2 amide bonds. The summed E-state index contributed by atoms with van der Waals surface area (Å²) in [7, 11) is 0. The molecule has 1 heterocycles. The lowest BCUT2D eigenvalue weighted by Crippen LogP contribution is -2.45. The van der Waals surface area contributed by atoms with Crippen LogP contribution in [-0.2, 0) is 4.79 Å². The fraction of sp³-hybridized carbons (Fsp3) is 0.391. The molecule has 1 fully saturated rings. The van der Waals surface area contributed by atoms with Crippen LogP contribution in [0.25, 0.3) is 0 Å². The quantitative estimate of drug-likeness (QED) is 0.702. The zero-order valence-electron chi connectivity index (χ0n) is 17.8. The third-order valence-corrected chi connectivity index (χ3v) is 5.61. The van der Waals surface area contributed by atoms with E-state index in [1.807, 2.05) is 0 Å². The minimum Gasteiger partial charge on any atom is -0.504 e. The highest BCUT2D eigenvalue weighted by Gasteiger charge is 2.37. The summed E-state index contributed by atoms with van der Waals surface area (Å²) in [6.45, 7) is 3.90. The Morgan fingerprint density at radius 1 is 1.12 bits per heavy atom. The van der Waals surface area contributed by atoms with Crippen molar-refractivity contribution in [3.05, 3.63) is 58.9 Å². The highest BCUT2D eigenvalue weighted by atomic mass is 19.1. The highest BCUT2D eigenvalue weighted by Crippen LogP contribution is 2.37. The van der Waals surface area contributed by atoms with Gasteiger partial charge in [-0.05, 0) is 36.2 Å². The molecule has 0 aromatic heterocycles.